The van der Waals surface area contributed by atoms with Gasteiger partial charge in [0.2, 0.25) is 0 Å². The predicted octanol–water partition coefficient (Wildman–Crippen LogP) is 1.54. The number of hydrogen-bond donors (Lipinski definition) is 2. The number of hydrogen-bond acceptors (Lipinski definition) is 5. The Morgan fingerprint density at radius 3 is 2.55 bits per heavy atom. The fourth-order valence-electron chi connectivity index (χ4n) is 2.62. The summed E-state index contributed by atoms with van der Waals surface area (Å²) in [6.07, 6.45) is 1.11. The number of aromatic nitrogens is 2. The second-order valence-corrected chi connectivity index (χ2v) is 6.74. The second kappa shape index (κ2) is 6.20. The normalized spacial score (nSPS) is 22.4. The van der Waals surface area contributed by atoms with Crippen molar-refractivity contribution in [3.63, 3.8) is 0 Å². The minimum Gasteiger partial charge on any atom is -0.378 e. The molecule has 0 aliphatic carbocycles. The molecule has 1 fully saturated rings. The minimum absolute atomic E-state index is 0.189. The standard InChI is InChI=1S/C16H26N4O2/c1-10(2)12-8-13(19-14(18-12)11(3)4)20-7-5-6-16(22,9-20)15(17)21/h8,10-11,22H,5-7,9H2,1-4H3,(H2,17,21). The molecule has 22 heavy (non-hydrogen) atoms. The zero-order chi connectivity index (χ0) is 16.5. The smallest absolute Gasteiger partial charge is 0.251 e. The third-order valence-electron chi connectivity index (χ3n) is 4.11. The highest BCUT2D eigenvalue weighted by Gasteiger charge is 2.39. The van der Waals surface area contributed by atoms with Crippen LogP contribution < -0.4 is 10.6 Å². The van der Waals surface area contributed by atoms with Crippen molar-refractivity contribution < 1.29 is 9.90 Å². The maximum atomic E-state index is 11.5. The Balaban J connectivity index is 2.36. The van der Waals surface area contributed by atoms with Crippen molar-refractivity contribution >= 4 is 11.7 Å². The maximum Gasteiger partial charge on any atom is 0.251 e. The summed E-state index contributed by atoms with van der Waals surface area (Å²) in [4.78, 5) is 22.7. The fourth-order valence-corrected chi connectivity index (χ4v) is 2.62. The van der Waals surface area contributed by atoms with Gasteiger partial charge in [0, 0.05) is 24.2 Å². The first-order valence-corrected chi connectivity index (χ1v) is 7.89. The van der Waals surface area contributed by atoms with Crippen molar-refractivity contribution in [2.24, 2.45) is 5.73 Å². The van der Waals surface area contributed by atoms with Gasteiger partial charge >= 0.3 is 0 Å². The monoisotopic (exact) mass is 306 g/mol. The maximum absolute atomic E-state index is 11.5. The molecule has 1 unspecified atom stereocenters. The van der Waals surface area contributed by atoms with Crippen LogP contribution in [0.4, 0.5) is 5.82 Å². The van der Waals surface area contributed by atoms with Gasteiger partial charge in [-0.05, 0) is 18.8 Å². The van der Waals surface area contributed by atoms with Gasteiger partial charge in [-0.1, -0.05) is 27.7 Å². The van der Waals surface area contributed by atoms with Gasteiger partial charge in [-0.3, -0.25) is 4.79 Å². The molecule has 1 aromatic heterocycles. The van der Waals surface area contributed by atoms with Gasteiger partial charge in [-0.15, -0.1) is 0 Å². The number of rotatable bonds is 4. The number of primary amides is 1. The molecule has 2 heterocycles. The second-order valence-electron chi connectivity index (χ2n) is 6.74. The molecule has 0 radical (unpaired) electrons. The molecule has 6 nitrogen and oxygen atoms in total. The van der Waals surface area contributed by atoms with E-state index < -0.39 is 11.5 Å². The summed E-state index contributed by atoms with van der Waals surface area (Å²) in [5.74, 6) is 1.40. The molecule has 6 heteroatoms. The van der Waals surface area contributed by atoms with E-state index >= 15 is 0 Å². The Kier molecular flexibility index (Phi) is 4.70. The zero-order valence-electron chi connectivity index (χ0n) is 13.8. The molecule has 3 N–H and O–H groups in total. The van der Waals surface area contributed by atoms with Crippen molar-refractivity contribution in [1.29, 1.82) is 0 Å². The Morgan fingerprint density at radius 2 is 2.00 bits per heavy atom. The lowest BCUT2D eigenvalue weighted by Crippen LogP contribution is -2.56. The first-order valence-electron chi connectivity index (χ1n) is 7.89. The van der Waals surface area contributed by atoms with Crippen molar-refractivity contribution in [2.75, 3.05) is 18.0 Å². The summed E-state index contributed by atoms with van der Waals surface area (Å²) >= 11 is 0. The summed E-state index contributed by atoms with van der Waals surface area (Å²) < 4.78 is 0. The van der Waals surface area contributed by atoms with Crippen molar-refractivity contribution in [1.82, 2.24) is 9.97 Å². The van der Waals surface area contributed by atoms with Crippen molar-refractivity contribution in [3.8, 4) is 0 Å². The van der Waals surface area contributed by atoms with Gasteiger partial charge in [-0.25, -0.2) is 9.97 Å². The van der Waals surface area contributed by atoms with E-state index in [0.29, 0.717) is 18.8 Å². The number of amides is 1. The van der Waals surface area contributed by atoms with E-state index in [0.717, 1.165) is 23.9 Å². The van der Waals surface area contributed by atoms with E-state index in [-0.39, 0.29) is 12.5 Å². The van der Waals surface area contributed by atoms with Crippen molar-refractivity contribution in [3.05, 3.63) is 17.6 Å². The molecule has 0 bridgehead atoms. The predicted molar refractivity (Wildman–Crippen MR) is 85.8 cm³/mol. The average Bonchev–Trinajstić information content (AvgIpc) is 2.46. The summed E-state index contributed by atoms with van der Waals surface area (Å²) in [7, 11) is 0. The molecule has 122 valence electrons. The Morgan fingerprint density at radius 1 is 1.32 bits per heavy atom. The highest BCUT2D eigenvalue weighted by atomic mass is 16.3. The molecule has 2 rings (SSSR count). The largest absolute Gasteiger partial charge is 0.378 e. The molecule has 1 aromatic rings. The van der Waals surface area contributed by atoms with E-state index in [4.69, 9.17) is 5.73 Å². The average molecular weight is 306 g/mol. The first-order chi connectivity index (χ1) is 10.2. The number of anilines is 1. The van der Waals surface area contributed by atoms with E-state index in [1.165, 1.54) is 0 Å². The van der Waals surface area contributed by atoms with Crippen molar-refractivity contribution in [2.45, 2.75) is 58.0 Å². The number of carbonyl (C=O) groups excluding carboxylic acids is 1. The number of β-amino-alcohol motifs (C(OH)–C–C–N with tert-alkyl or cyclic N) is 1. The molecular weight excluding hydrogens is 280 g/mol. The number of aliphatic hydroxyl groups is 1. The third-order valence-corrected chi connectivity index (χ3v) is 4.11. The molecule has 0 saturated carbocycles. The molecule has 1 atom stereocenters. The van der Waals surface area contributed by atoms with E-state index in [9.17, 15) is 9.90 Å². The molecular formula is C16H26N4O2. The number of nitrogens with zero attached hydrogens (tertiary/aromatic N) is 3. The van der Waals surface area contributed by atoms with Gasteiger partial charge in [0.25, 0.3) is 5.91 Å². The van der Waals surface area contributed by atoms with E-state index in [1.807, 2.05) is 11.0 Å². The molecule has 1 amide bonds. The number of nitrogens with two attached hydrogens (primary N) is 1. The summed E-state index contributed by atoms with van der Waals surface area (Å²) in [6.45, 7) is 9.23. The van der Waals surface area contributed by atoms with E-state index in [1.54, 1.807) is 0 Å². The van der Waals surface area contributed by atoms with E-state index in [2.05, 4.69) is 37.7 Å². The first kappa shape index (κ1) is 16.7. The van der Waals surface area contributed by atoms with Gasteiger partial charge in [-0.2, -0.15) is 0 Å². The summed E-state index contributed by atoms with van der Waals surface area (Å²) in [5, 5.41) is 10.4. The molecule has 1 aliphatic heterocycles. The van der Waals surface area contributed by atoms with Crippen LogP contribution in [0.5, 0.6) is 0 Å². The highest BCUT2D eigenvalue weighted by Crippen LogP contribution is 2.27. The zero-order valence-corrected chi connectivity index (χ0v) is 13.8. The summed E-state index contributed by atoms with van der Waals surface area (Å²) in [6, 6.07) is 1.95. The van der Waals surface area contributed by atoms with Crippen LogP contribution in [0.25, 0.3) is 0 Å². The van der Waals surface area contributed by atoms with Crippen LogP contribution in [-0.2, 0) is 4.79 Å². The quantitative estimate of drug-likeness (QED) is 0.880. The third kappa shape index (κ3) is 3.38. The Labute approximate surface area is 131 Å². The number of piperidine rings is 1. The van der Waals surface area contributed by atoms with Crippen LogP contribution >= 0.6 is 0 Å². The van der Waals surface area contributed by atoms with Crippen LogP contribution in [0.3, 0.4) is 0 Å². The van der Waals surface area contributed by atoms with Crippen LogP contribution in [0.2, 0.25) is 0 Å². The van der Waals surface area contributed by atoms with Crippen LogP contribution in [-0.4, -0.2) is 39.7 Å². The van der Waals surface area contributed by atoms with Gasteiger partial charge in [0.05, 0.1) is 6.54 Å². The minimum atomic E-state index is -1.47. The van der Waals surface area contributed by atoms with Crippen LogP contribution in [0.15, 0.2) is 6.07 Å². The lowest BCUT2D eigenvalue weighted by molar-refractivity contribution is -0.137. The van der Waals surface area contributed by atoms with Crippen LogP contribution in [0, 0.1) is 0 Å². The van der Waals surface area contributed by atoms with Gasteiger partial charge in [0.1, 0.15) is 11.6 Å². The van der Waals surface area contributed by atoms with Crippen LogP contribution in [0.1, 0.15) is 63.9 Å². The SMILES string of the molecule is CC(C)c1cc(N2CCCC(O)(C(N)=O)C2)nc(C(C)C)n1. The molecule has 0 aromatic carbocycles. The Hall–Kier alpha value is -1.69. The number of carbonyl (C=O) groups is 1. The molecule has 0 spiro atoms. The van der Waals surface area contributed by atoms with Gasteiger partial charge < -0.3 is 15.7 Å². The fraction of sp³-hybridized carbons (Fsp3) is 0.688. The van der Waals surface area contributed by atoms with Gasteiger partial charge in [0.15, 0.2) is 5.60 Å². The lowest BCUT2D eigenvalue weighted by Gasteiger charge is -2.38. The molecule has 1 saturated heterocycles. The topological polar surface area (TPSA) is 92.3 Å². The molecule has 1 aliphatic rings. The Bertz CT molecular complexity index is 533. The summed E-state index contributed by atoms with van der Waals surface area (Å²) in [5.41, 5.74) is 4.85. The highest BCUT2D eigenvalue weighted by molar-refractivity contribution is 5.84. The lowest BCUT2D eigenvalue weighted by atomic mass is 9.92.